The van der Waals surface area contributed by atoms with Crippen LogP contribution in [0.4, 0.5) is 0 Å². The van der Waals surface area contributed by atoms with Crippen molar-refractivity contribution in [3.63, 3.8) is 0 Å². The molecule has 0 aliphatic heterocycles. The lowest BCUT2D eigenvalue weighted by Crippen LogP contribution is -2.22. The van der Waals surface area contributed by atoms with Gasteiger partial charge in [0, 0.05) is 12.8 Å². The molecule has 0 saturated carbocycles. The number of aliphatic hydroxyl groups excluding tert-OH is 1. The summed E-state index contributed by atoms with van der Waals surface area (Å²) in [5.74, 6) is -2.39. The van der Waals surface area contributed by atoms with Gasteiger partial charge in [0.25, 0.3) is 0 Å². The number of hydrogen-bond donors (Lipinski definition) is 3. The minimum atomic E-state index is -1.83. The number of aliphatic carboxylic acids is 2. The van der Waals surface area contributed by atoms with E-state index in [0.717, 1.165) is 0 Å². The quantitative estimate of drug-likeness (QED) is 0.528. The van der Waals surface area contributed by atoms with Gasteiger partial charge in [0.15, 0.2) is 12.3 Å². The molecular weight excluding hydrogens is 211 g/mol. The largest absolute Gasteiger partial charge is 0.481 e. The highest BCUT2D eigenvalue weighted by Gasteiger charge is 2.26. The molecule has 0 fully saturated rings. The number of carboxylic acids is 2. The number of hydrogen-bond acceptors (Lipinski definition) is 4. The molecule has 14 heavy (non-hydrogen) atoms. The minimum absolute atomic E-state index is 0.0930. The van der Waals surface area contributed by atoms with E-state index in [9.17, 15) is 14.2 Å². The van der Waals surface area contributed by atoms with Gasteiger partial charge in [-0.3, -0.25) is 4.79 Å². The van der Waals surface area contributed by atoms with Crippen LogP contribution in [0.5, 0.6) is 0 Å². The lowest BCUT2D eigenvalue weighted by Gasteiger charge is -1.95. The maximum atomic E-state index is 11.1. The van der Waals surface area contributed by atoms with E-state index < -0.39 is 25.8 Å². The summed E-state index contributed by atoms with van der Waals surface area (Å²) in [5.41, 5.74) is 0. The maximum absolute atomic E-state index is 11.1. The van der Waals surface area contributed by atoms with Gasteiger partial charge in [-0.2, -0.15) is 0 Å². The topological polar surface area (TPSA) is 112 Å². The maximum Gasteiger partial charge on any atom is 0.342 e. The fourth-order valence-corrected chi connectivity index (χ4v) is 2.00. The first-order chi connectivity index (χ1) is 6.43. The van der Waals surface area contributed by atoms with Gasteiger partial charge in [-0.05, 0) is 0 Å². The SMILES string of the molecule is O=C(O)CCC[P+](=O)CC(O)C(=O)O. The van der Waals surface area contributed by atoms with E-state index in [2.05, 4.69) is 0 Å². The lowest BCUT2D eigenvalue weighted by molar-refractivity contribution is -0.145. The first-order valence-corrected chi connectivity index (χ1v) is 5.61. The molecule has 3 N–H and O–H groups in total. The highest BCUT2D eigenvalue weighted by Crippen LogP contribution is 2.23. The summed E-state index contributed by atoms with van der Waals surface area (Å²) in [6.07, 6.45) is -1.67. The summed E-state index contributed by atoms with van der Waals surface area (Å²) in [4.78, 5) is 20.2. The van der Waals surface area contributed by atoms with E-state index >= 15 is 0 Å². The van der Waals surface area contributed by atoms with Crippen molar-refractivity contribution in [3.8, 4) is 0 Å². The Morgan fingerprint density at radius 1 is 1.29 bits per heavy atom. The Balaban J connectivity index is 3.65. The van der Waals surface area contributed by atoms with Crippen LogP contribution < -0.4 is 0 Å². The van der Waals surface area contributed by atoms with Crippen LogP contribution in [0.1, 0.15) is 12.8 Å². The predicted octanol–water partition coefficient (Wildman–Crippen LogP) is 0.124. The van der Waals surface area contributed by atoms with Gasteiger partial charge < -0.3 is 15.3 Å². The fraction of sp³-hybridized carbons (Fsp3) is 0.714. The number of aliphatic hydroxyl groups is 1. The number of carboxylic acid groups (broad SMARTS) is 2. The van der Waals surface area contributed by atoms with Crippen molar-refractivity contribution >= 4 is 19.7 Å². The summed E-state index contributed by atoms with van der Waals surface area (Å²) in [5, 5.41) is 25.3. The molecule has 80 valence electrons. The van der Waals surface area contributed by atoms with Gasteiger partial charge >= 0.3 is 19.7 Å². The van der Waals surface area contributed by atoms with Crippen molar-refractivity contribution in [1.29, 1.82) is 0 Å². The van der Waals surface area contributed by atoms with Crippen LogP contribution in [0.15, 0.2) is 0 Å². The predicted molar refractivity (Wildman–Crippen MR) is 47.9 cm³/mol. The van der Waals surface area contributed by atoms with Crippen LogP contribution in [0.3, 0.4) is 0 Å². The highest BCUT2D eigenvalue weighted by molar-refractivity contribution is 7.44. The molecule has 0 heterocycles. The molecule has 2 unspecified atom stereocenters. The van der Waals surface area contributed by atoms with E-state index in [4.69, 9.17) is 15.3 Å². The van der Waals surface area contributed by atoms with E-state index in [1.165, 1.54) is 0 Å². The standard InChI is InChI=1S/C7H11O6P/c8-5(7(11)12)4-14(13)3-1-2-6(9)10/h5,8H,1-4H2,(H-,9,10,11,12)/p+1. The van der Waals surface area contributed by atoms with E-state index in [1.807, 2.05) is 0 Å². The van der Waals surface area contributed by atoms with Crippen LogP contribution >= 0.6 is 7.80 Å². The van der Waals surface area contributed by atoms with Crippen molar-refractivity contribution in [2.75, 3.05) is 12.3 Å². The number of rotatable bonds is 7. The van der Waals surface area contributed by atoms with Crippen LogP contribution in [-0.2, 0) is 14.2 Å². The van der Waals surface area contributed by atoms with Crippen LogP contribution in [0.25, 0.3) is 0 Å². The second-order valence-electron chi connectivity index (χ2n) is 2.74. The lowest BCUT2D eigenvalue weighted by atomic mass is 10.3. The summed E-state index contributed by atoms with van der Waals surface area (Å²) < 4.78 is 11.1. The van der Waals surface area contributed by atoms with Gasteiger partial charge in [-0.1, -0.05) is 4.57 Å². The highest BCUT2D eigenvalue weighted by atomic mass is 31.1. The van der Waals surface area contributed by atoms with Crippen molar-refractivity contribution in [3.05, 3.63) is 0 Å². The Labute approximate surface area is 81.3 Å². The molecule has 0 rings (SSSR count). The number of carbonyl (C=O) groups is 2. The Hall–Kier alpha value is -1.00. The zero-order valence-corrected chi connectivity index (χ0v) is 8.31. The van der Waals surface area contributed by atoms with Crippen LogP contribution in [-0.4, -0.2) is 45.7 Å². The Kier molecular flexibility index (Phi) is 5.99. The molecule has 6 nitrogen and oxygen atoms in total. The molecule has 0 amide bonds. The van der Waals surface area contributed by atoms with Crippen molar-refractivity contribution in [1.82, 2.24) is 0 Å². The van der Waals surface area contributed by atoms with Crippen molar-refractivity contribution < 1.29 is 29.5 Å². The van der Waals surface area contributed by atoms with E-state index in [1.54, 1.807) is 0 Å². The third-order valence-corrected chi connectivity index (χ3v) is 3.03. The molecule has 0 aliphatic rings. The third kappa shape index (κ3) is 6.51. The summed E-state index contributed by atoms with van der Waals surface area (Å²) in [6.45, 7) is 0. The monoisotopic (exact) mass is 223 g/mol. The van der Waals surface area contributed by atoms with Gasteiger partial charge in [-0.25, -0.2) is 4.79 Å². The average Bonchev–Trinajstić information content (AvgIpc) is 2.02. The van der Waals surface area contributed by atoms with Crippen molar-refractivity contribution in [2.24, 2.45) is 0 Å². The summed E-state index contributed by atoms with van der Waals surface area (Å²) in [6, 6.07) is 0. The minimum Gasteiger partial charge on any atom is -0.481 e. The normalized spacial score (nSPS) is 13.4. The fourth-order valence-electron chi connectivity index (χ4n) is 0.769. The molecule has 2 atom stereocenters. The second kappa shape index (κ2) is 6.45. The molecule has 0 bridgehead atoms. The van der Waals surface area contributed by atoms with Crippen LogP contribution in [0, 0.1) is 0 Å². The average molecular weight is 223 g/mol. The smallest absolute Gasteiger partial charge is 0.342 e. The molecule has 0 saturated heterocycles. The molecule has 7 heteroatoms. The molecule has 0 aromatic carbocycles. The second-order valence-corrected chi connectivity index (χ2v) is 4.52. The Morgan fingerprint density at radius 2 is 1.86 bits per heavy atom. The Morgan fingerprint density at radius 3 is 2.29 bits per heavy atom. The van der Waals surface area contributed by atoms with Gasteiger partial charge in [0.2, 0.25) is 0 Å². The molecule has 0 aromatic heterocycles. The van der Waals surface area contributed by atoms with Gasteiger partial charge in [0.1, 0.15) is 6.16 Å². The van der Waals surface area contributed by atoms with E-state index in [-0.39, 0.29) is 25.2 Å². The molecular formula is C7H12O6P+. The zero-order valence-electron chi connectivity index (χ0n) is 7.42. The Bertz CT molecular complexity index is 238. The zero-order chi connectivity index (χ0) is 11.1. The third-order valence-electron chi connectivity index (χ3n) is 1.46. The summed E-state index contributed by atoms with van der Waals surface area (Å²) in [7, 11) is -1.83. The van der Waals surface area contributed by atoms with Gasteiger partial charge in [0.05, 0.1) is 0 Å². The first-order valence-electron chi connectivity index (χ1n) is 3.98. The molecule has 0 aliphatic carbocycles. The molecule has 0 radical (unpaired) electrons. The molecule has 0 spiro atoms. The van der Waals surface area contributed by atoms with Crippen LogP contribution in [0.2, 0.25) is 0 Å². The summed E-state index contributed by atoms with van der Waals surface area (Å²) >= 11 is 0. The molecule has 0 aromatic rings. The van der Waals surface area contributed by atoms with Crippen molar-refractivity contribution in [2.45, 2.75) is 18.9 Å². The van der Waals surface area contributed by atoms with E-state index in [0.29, 0.717) is 0 Å². The van der Waals surface area contributed by atoms with Gasteiger partial charge in [-0.15, -0.1) is 0 Å². The first kappa shape index (κ1) is 13.0.